The van der Waals surface area contributed by atoms with Crippen LogP contribution < -0.4 is 10.6 Å². The summed E-state index contributed by atoms with van der Waals surface area (Å²) >= 11 is 0. The molecule has 0 spiro atoms. The molecule has 18 heavy (non-hydrogen) atoms. The van der Waals surface area contributed by atoms with Crippen molar-refractivity contribution in [1.29, 1.82) is 0 Å². The van der Waals surface area contributed by atoms with E-state index in [9.17, 15) is 5.11 Å². The van der Waals surface area contributed by atoms with Gasteiger partial charge < -0.3 is 15.7 Å². The smallest absolute Gasteiger partial charge is 0.191 e. The van der Waals surface area contributed by atoms with E-state index in [1.807, 2.05) is 0 Å². The average molecular weight is 369 g/mol. The number of aliphatic hydroxyl groups is 1. The number of hydrogen-bond donors (Lipinski definition) is 3. The lowest BCUT2D eigenvalue weighted by Crippen LogP contribution is -2.41. The summed E-state index contributed by atoms with van der Waals surface area (Å²) in [6, 6.07) is 0. The lowest BCUT2D eigenvalue weighted by molar-refractivity contribution is 0.0131. The number of nitrogens with zero attached hydrogens (tertiary/aromatic N) is 1. The van der Waals surface area contributed by atoms with Crippen molar-refractivity contribution in [3.63, 3.8) is 0 Å². The van der Waals surface area contributed by atoms with Crippen LogP contribution in [0.1, 0.15) is 52.4 Å². The van der Waals surface area contributed by atoms with Crippen molar-refractivity contribution in [1.82, 2.24) is 10.6 Å². The fourth-order valence-electron chi connectivity index (χ4n) is 2.18. The second-order valence-electron chi connectivity index (χ2n) is 4.91. The highest BCUT2D eigenvalue weighted by molar-refractivity contribution is 14.0. The van der Waals surface area contributed by atoms with Gasteiger partial charge in [-0.25, -0.2) is 0 Å². The third-order valence-electron chi connectivity index (χ3n) is 3.20. The minimum atomic E-state index is -0.563. The van der Waals surface area contributed by atoms with Crippen molar-refractivity contribution in [2.24, 2.45) is 4.99 Å². The van der Waals surface area contributed by atoms with Gasteiger partial charge >= 0.3 is 0 Å². The number of aliphatic imine (C=N–C) groups is 1. The first kappa shape index (κ1) is 18.0. The summed E-state index contributed by atoms with van der Waals surface area (Å²) in [4.78, 5) is 4.49. The standard InChI is InChI=1S/C13H27N3O.HI/c1-3-10-15-12(14-4-2)16-11-13(17)8-6-5-7-9-13;/h17H,3-11H2,1-2H3,(H2,14,15,16);1H. The number of nitrogens with one attached hydrogen (secondary N) is 2. The molecular formula is C13H28IN3O. The fraction of sp³-hybridized carbons (Fsp3) is 0.923. The Hall–Kier alpha value is -0.0400. The molecule has 1 aliphatic rings. The van der Waals surface area contributed by atoms with Gasteiger partial charge in [0.2, 0.25) is 0 Å². The molecule has 108 valence electrons. The molecule has 0 saturated heterocycles. The van der Waals surface area contributed by atoms with Crippen molar-refractivity contribution in [2.45, 2.75) is 58.0 Å². The van der Waals surface area contributed by atoms with Gasteiger partial charge in [-0.1, -0.05) is 26.2 Å². The molecule has 0 aliphatic heterocycles. The SMILES string of the molecule is CCCNC(=NCC1(O)CCCCC1)NCC.I. The van der Waals surface area contributed by atoms with Gasteiger partial charge in [-0.2, -0.15) is 0 Å². The molecule has 0 aromatic heterocycles. The predicted octanol–water partition coefficient (Wildman–Crippen LogP) is 2.26. The van der Waals surface area contributed by atoms with Crippen molar-refractivity contribution in [2.75, 3.05) is 19.6 Å². The maximum atomic E-state index is 10.4. The van der Waals surface area contributed by atoms with Gasteiger partial charge in [-0.15, -0.1) is 24.0 Å². The first-order valence-electron chi connectivity index (χ1n) is 6.95. The molecule has 0 aromatic carbocycles. The Kier molecular flexibility index (Phi) is 9.81. The van der Waals surface area contributed by atoms with Gasteiger partial charge in [0.05, 0.1) is 12.1 Å². The monoisotopic (exact) mass is 369 g/mol. The summed E-state index contributed by atoms with van der Waals surface area (Å²) in [7, 11) is 0. The summed E-state index contributed by atoms with van der Waals surface area (Å²) in [5.41, 5.74) is -0.563. The Labute approximate surface area is 128 Å². The van der Waals surface area contributed by atoms with Crippen LogP contribution in [0, 0.1) is 0 Å². The maximum Gasteiger partial charge on any atom is 0.191 e. The van der Waals surface area contributed by atoms with Crippen LogP contribution in [0.2, 0.25) is 0 Å². The van der Waals surface area contributed by atoms with E-state index in [1.54, 1.807) is 0 Å². The zero-order chi connectivity index (χ0) is 12.6. The molecule has 0 heterocycles. The molecule has 0 amide bonds. The molecule has 1 fully saturated rings. The molecule has 0 atom stereocenters. The van der Waals surface area contributed by atoms with Gasteiger partial charge in [-0.05, 0) is 26.2 Å². The van der Waals surface area contributed by atoms with E-state index in [0.717, 1.165) is 51.2 Å². The Morgan fingerprint density at radius 2 is 1.83 bits per heavy atom. The molecule has 3 N–H and O–H groups in total. The summed E-state index contributed by atoms with van der Waals surface area (Å²) < 4.78 is 0. The molecule has 1 aliphatic carbocycles. The maximum absolute atomic E-state index is 10.4. The van der Waals surface area contributed by atoms with Crippen LogP contribution in [0.5, 0.6) is 0 Å². The number of hydrogen-bond acceptors (Lipinski definition) is 2. The number of halogens is 1. The third-order valence-corrected chi connectivity index (χ3v) is 3.20. The number of rotatable bonds is 5. The normalized spacial score (nSPS) is 18.9. The summed E-state index contributed by atoms with van der Waals surface area (Å²) in [6.45, 7) is 6.48. The molecule has 0 radical (unpaired) electrons. The Bertz CT molecular complexity index is 240. The van der Waals surface area contributed by atoms with E-state index < -0.39 is 5.60 Å². The Balaban J connectivity index is 0.00000289. The van der Waals surface area contributed by atoms with Crippen molar-refractivity contribution in [3.05, 3.63) is 0 Å². The molecule has 4 nitrogen and oxygen atoms in total. The topological polar surface area (TPSA) is 56.7 Å². The van der Waals surface area contributed by atoms with E-state index in [1.165, 1.54) is 6.42 Å². The van der Waals surface area contributed by atoms with Crippen LogP contribution in [0.4, 0.5) is 0 Å². The zero-order valence-electron chi connectivity index (χ0n) is 11.7. The summed E-state index contributed by atoms with van der Waals surface area (Å²) in [6.07, 6.45) is 6.37. The second kappa shape index (κ2) is 9.83. The largest absolute Gasteiger partial charge is 0.388 e. The van der Waals surface area contributed by atoms with Gasteiger partial charge in [0, 0.05) is 13.1 Å². The Morgan fingerprint density at radius 1 is 1.17 bits per heavy atom. The van der Waals surface area contributed by atoms with E-state index >= 15 is 0 Å². The minimum Gasteiger partial charge on any atom is -0.388 e. The minimum absolute atomic E-state index is 0. The molecular weight excluding hydrogens is 341 g/mol. The lowest BCUT2D eigenvalue weighted by Gasteiger charge is -2.30. The molecule has 1 saturated carbocycles. The van der Waals surface area contributed by atoms with Crippen molar-refractivity contribution in [3.8, 4) is 0 Å². The third kappa shape index (κ3) is 6.78. The fourth-order valence-corrected chi connectivity index (χ4v) is 2.18. The quantitative estimate of drug-likeness (QED) is 0.396. The van der Waals surface area contributed by atoms with E-state index in [4.69, 9.17) is 0 Å². The highest BCUT2D eigenvalue weighted by Crippen LogP contribution is 2.28. The molecule has 5 heteroatoms. The van der Waals surface area contributed by atoms with Crippen LogP contribution in [-0.2, 0) is 0 Å². The lowest BCUT2D eigenvalue weighted by atomic mass is 9.85. The average Bonchev–Trinajstić information content (AvgIpc) is 2.34. The highest BCUT2D eigenvalue weighted by Gasteiger charge is 2.28. The van der Waals surface area contributed by atoms with Gasteiger partial charge in [0.15, 0.2) is 5.96 Å². The first-order chi connectivity index (χ1) is 8.20. The molecule has 0 unspecified atom stereocenters. The molecule has 1 rings (SSSR count). The van der Waals surface area contributed by atoms with Gasteiger partial charge in [0.1, 0.15) is 0 Å². The van der Waals surface area contributed by atoms with Crippen LogP contribution in [0.25, 0.3) is 0 Å². The van der Waals surface area contributed by atoms with E-state index in [2.05, 4.69) is 29.5 Å². The van der Waals surface area contributed by atoms with Crippen molar-refractivity contribution < 1.29 is 5.11 Å². The summed E-state index contributed by atoms with van der Waals surface area (Å²) in [5, 5.41) is 16.8. The van der Waals surface area contributed by atoms with Crippen LogP contribution in [0.15, 0.2) is 4.99 Å². The summed E-state index contributed by atoms with van der Waals surface area (Å²) in [5.74, 6) is 0.827. The Morgan fingerprint density at radius 3 is 2.39 bits per heavy atom. The van der Waals surface area contributed by atoms with Crippen LogP contribution in [-0.4, -0.2) is 36.3 Å². The van der Waals surface area contributed by atoms with Crippen LogP contribution >= 0.6 is 24.0 Å². The van der Waals surface area contributed by atoms with Gasteiger partial charge in [0.25, 0.3) is 0 Å². The van der Waals surface area contributed by atoms with E-state index in [-0.39, 0.29) is 24.0 Å². The predicted molar refractivity (Wildman–Crippen MR) is 87.7 cm³/mol. The zero-order valence-corrected chi connectivity index (χ0v) is 14.0. The molecule has 0 bridgehead atoms. The van der Waals surface area contributed by atoms with Gasteiger partial charge in [-0.3, -0.25) is 4.99 Å². The van der Waals surface area contributed by atoms with Crippen molar-refractivity contribution >= 4 is 29.9 Å². The number of guanidine groups is 1. The molecule has 0 aromatic rings. The second-order valence-corrected chi connectivity index (χ2v) is 4.91. The van der Waals surface area contributed by atoms with Crippen LogP contribution in [0.3, 0.4) is 0 Å². The first-order valence-corrected chi connectivity index (χ1v) is 6.95. The van der Waals surface area contributed by atoms with E-state index in [0.29, 0.717) is 6.54 Å². The highest BCUT2D eigenvalue weighted by atomic mass is 127.